The molecule has 0 atom stereocenters. The zero-order chi connectivity index (χ0) is 13.7. The van der Waals surface area contributed by atoms with Crippen LogP contribution >= 0.6 is 27.5 Å². The SMILES string of the molecule is CC(C)N(C)CCNC(=O)c1cccc(Br)c1Cl. The van der Waals surface area contributed by atoms with Crippen LogP contribution in [-0.4, -0.2) is 37.0 Å². The van der Waals surface area contributed by atoms with Crippen LogP contribution in [0, 0.1) is 0 Å². The Hall–Kier alpha value is -0.580. The second-order valence-electron chi connectivity index (χ2n) is 4.43. The molecule has 100 valence electrons. The lowest BCUT2D eigenvalue weighted by Crippen LogP contribution is -2.36. The number of hydrogen-bond donors (Lipinski definition) is 1. The van der Waals surface area contributed by atoms with Crippen LogP contribution in [0.3, 0.4) is 0 Å². The van der Waals surface area contributed by atoms with Gasteiger partial charge in [-0.05, 0) is 49.0 Å². The monoisotopic (exact) mass is 332 g/mol. The van der Waals surface area contributed by atoms with Crippen LogP contribution in [0.5, 0.6) is 0 Å². The molecule has 0 aliphatic rings. The summed E-state index contributed by atoms with van der Waals surface area (Å²) in [6, 6.07) is 5.79. The number of carbonyl (C=O) groups excluding carboxylic acids is 1. The summed E-state index contributed by atoms with van der Waals surface area (Å²) in [5.74, 6) is -0.140. The van der Waals surface area contributed by atoms with E-state index in [1.807, 2.05) is 13.1 Å². The average molecular weight is 334 g/mol. The third kappa shape index (κ3) is 4.26. The number of likely N-dealkylation sites (N-methyl/N-ethyl adjacent to an activating group) is 1. The molecule has 3 nitrogen and oxygen atoms in total. The molecular formula is C13H18BrClN2O. The van der Waals surface area contributed by atoms with Crippen molar-refractivity contribution in [2.24, 2.45) is 0 Å². The van der Waals surface area contributed by atoms with E-state index in [1.165, 1.54) is 0 Å². The molecule has 1 N–H and O–H groups in total. The summed E-state index contributed by atoms with van der Waals surface area (Å²) in [5, 5.41) is 3.32. The lowest BCUT2D eigenvalue weighted by atomic mass is 10.2. The minimum Gasteiger partial charge on any atom is -0.351 e. The number of benzene rings is 1. The number of rotatable bonds is 5. The Labute approximate surface area is 122 Å². The summed E-state index contributed by atoms with van der Waals surface area (Å²) in [7, 11) is 2.03. The van der Waals surface area contributed by atoms with Crippen molar-refractivity contribution in [1.82, 2.24) is 10.2 Å². The number of amides is 1. The maximum Gasteiger partial charge on any atom is 0.252 e. The van der Waals surface area contributed by atoms with Crippen molar-refractivity contribution >= 4 is 33.4 Å². The van der Waals surface area contributed by atoms with Crippen molar-refractivity contribution < 1.29 is 4.79 Å². The summed E-state index contributed by atoms with van der Waals surface area (Å²) < 4.78 is 0.733. The van der Waals surface area contributed by atoms with Crippen LogP contribution in [0.4, 0.5) is 0 Å². The first-order valence-electron chi connectivity index (χ1n) is 5.86. The first-order valence-corrected chi connectivity index (χ1v) is 7.03. The number of nitrogens with one attached hydrogen (secondary N) is 1. The molecular weight excluding hydrogens is 316 g/mol. The highest BCUT2D eigenvalue weighted by atomic mass is 79.9. The van der Waals surface area contributed by atoms with Gasteiger partial charge >= 0.3 is 0 Å². The molecule has 1 amide bonds. The third-order valence-corrected chi connectivity index (χ3v) is 4.12. The fourth-order valence-electron chi connectivity index (χ4n) is 1.38. The van der Waals surface area contributed by atoms with E-state index in [9.17, 15) is 4.79 Å². The van der Waals surface area contributed by atoms with Crippen molar-refractivity contribution in [3.63, 3.8) is 0 Å². The number of nitrogens with zero attached hydrogens (tertiary/aromatic N) is 1. The van der Waals surface area contributed by atoms with Crippen molar-refractivity contribution in [2.45, 2.75) is 19.9 Å². The molecule has 1 rings (SSSR count). The minimum absolute atomic E-state index is 0.140. The Morgan fingerprint density at radius 3 is 2.78 bits per heavy atom. The quantitative estimate of drug-likeness (QED) is 0.897. The van der Waals surface area contributed by atoms with Gasteiger partial charge in [0.15, 0.2) is 0 Å². The van der Waals surface area contributed by atoms with Crippen LogP contribution in [0.1, 0.15) is 24.2 Å². The van der Waals surface area contributed by atoms with Gasteiger partial charge in [0.25, 0.3) is 5.91 Å². The molecule has 0 heterocycles. The van der Waals surface area contributed by atoms with E-state index in [1.54, 1.807) is 12.1 Å². The molecule has 0 aliphatic carbocycles. The predicted octanol–water partition coefficient (Wildman–Crippen LogP) is 3.17. The van der Waals surface area contributed by atoms with Gasteiger partial charge in [0.1, 0.15) is 0 Å². The van der Waals surface area contributed by atoms with Gasteiger partial charge < -0.3 is 10.2 Å². The van der Waals surface area contributed by atoms with Gasteiger partial charge in [-0.15, -0.1) is 0 Å². The highest BCUT2D eigenvalue weighted by Crippen LogP contribution is 2.25. The Kier molecular flexibility index (Phi) is 6.12. The van der Waals surface area contributed by atoms with E-state index < -0.39 is 0 Å². The lowest BCUT2D eigenvalue weighted by molar-refractivity contribution is 0.0948. The molecule has 18 heavy (non-hydrogen) atoms. The topological polar surface area (TPSA) is 32.3 Å². The number of halogens is 2. The number of hydrogen-bond acceptors (Lipinski definition) is 2. The molecule has 5 heteroatoms. The zero-order valence-electron chi connectivity index (χ0n) is 10.8. The Balaban J connectivity index is 2.54. The van der Waals surface area contributed by atoms with E-state index in [4.69, 9.17) is 11.6 Å². The van der Waals surface area contributed by atoms with Crippen LogP contribution in [0.25, 0.3) is 0 Å². The molecule has 0 radical (unpaired) electrons. The van der Waals surface area contributed by atoms with Gasteiger partial charge in [-0.2, -0.15) is 0 Å². The van der Waals surface area contributed by atoms with Gasteiger partial charge in [-0.1, -0.05) is 17.7 Å². The number of carbonyl (C=O) groups is 1. The molecule has 1 aromatic carbocycles. The normalized spacial score (nSPS) is 11.1. The molecule has 0 spiro atoms. The van der Waals surface area contributed by atoms with Gasteiger partial charge in [0.2, 0.25) is 0 Å². The van der Waals surface area contributed by atoms with E-state index in [0.29, 0.717) is 23.2 Å². The van der Waals surface area contributed by atoms with Crippen molar-refractivity contribution in [1.29, 1.82) is 0 Å². The van der Waals surface area contributed by atoms with E-state index >= 15 is 0 Å². The predicted molar refractivity (Wildman–Crippen MR) is 79.3 cm³/mol. The third-order valence-electron chi connectivity index (χ3n) is 2.83. The molecule has 0 unspecified atom stereocenters. The molecule has 0 fully saturated rings. The molecule has 1 aromatic rings. The fraction of sp³-hybridized carbons (Fsp3) is 0.462. The van der Waals surface area contributed by atoms with Crippen LogP contribution in [0.2, 0.25) is 5.02 Å². The Bertz CT molecular complexity index is 423. The Morgan fingerprint density at radius 2 is 2.17 bits per heavy atom. The second-order valence-corrected chi connectivity index (χ2v) is 5.66. The van der Waals surface area contributed by atoms with Crippen LogP contribution in [-0.2, 0) is 0 Å². The van der Waals surface area contributed by atoms with Crippen LogP contribution in [0.15, 0.2) is 22.7 Å². The average Bonchev–Trinajstić information content (AvgIpc) is 2.32. The maximum absolute atomic E-state index is 11.9. The standard InChI is InChI=1S/C13H18BrClN2O/c1-9(2)17(3)8-7-16-13(18)10-5-4-6-11(14)12(10)15/h4-6,9H,7-8H2,1-3H3,(H,16,18). The lowest BCUT2D eigenvalue weighted by Gasteiger charge is -2.20. The summed E-state index contributed by atoms with van der Waals surface area (Å²) >= 11 is 9.37. The summed E-state index contributed by atoms with van der Waals surface area (Å²) in [4.78, 5) is 14.1. The first kappa shape index (κ1) is 15.5. The molecule has 0 saturated heterocycles. The molecule has 0 saturated carbocycles. The molecule has 0 bridgehead atoms. The summed E-state index contributed by atoms with van der Waals surface area (Å²) in [6.07, 6.45) is 0. The van der Waals surface area contributed by atoms with Crippen molar-refractivity contribution in [3.8, 4) is 0 Å². The molecule has 0 aromatic heterocycles. The summed E-state index contributed by atoms with van der Waals surface area (Å²) in [5.41, 5.74) is 0.498. The van der Waals surface area contributed by atoms with Gasteiger partial charge in [-0.25, -0.2) is 0 Å². The summed E-state index contributed by atoms with van der Waals surface area (Å²) in [6.45, 7) is 5.66. The van der Waals surface area contributed by atoms with Crippen molar-refractivity contribution in [3.05, 3.63) is 33.3 Å². The second kappa shape index (κ2) is 7.12. The van der Waals surface area contributed by atoms with Gasteiger partial charge in [0.05, 0.1) is 10.6 Å². The van der Waals surface area contributed by atoms with E-state index in [0.717, 1.165) is 11.0 Å². The highest BCUT2D eigenvalue weighted by Gasteiger charge is 2.12. The zero-order valence-corrected chi connectivity index (χ0v) is 13.2. The first-order chi connectivity index (χ1) is 8.43. The van der Waals surface area contributed by atoms with E-state index in [2.05, 4.69) is 40.0 Å². The Morgan fingerprint density at radius 1 is 1.50 bits per heavy atom. The molecule has 0 aliphatic heterocycles. The fourth-order valence-corrected chi connectivity index (χ4v) is 1.96. The van der Waals surface area contributed by atoms with E-state index in [-0.39, 0.29) is 5.91 Å². The largest absolute Gasteiger partial charge is 0.351 e. The van der Waals surface area contributed by atoms with Crippen molar-refractivity contribution in [2.75, 3.05) is 20.1 Å². The maximum atomic E-state index is 11.9. The highest BCUT2D eigenvalue weighted by molar-refractivity contribution is 9.10. The van der Waals surface area contributed by atoms with Gasteiger partial charge in [-0.3, -0.25) is 4.79 Å². The smallest absolute Gasteiger partial charge is 0.252 e. The van der Waals surface area contributed by atoms with Gasteiger partial charge in [0, 0.05) is 23.6 Å². The minimum atomic E-state index is -0.140. The van der Waals surface area contributed by atoms with Crippen LogP contribution < -0.4 is 5.32 Å².